The topological polar surface area (TPSA) is 119 Å². The van der Waals surface area contributed by atoms with Gasteiger partial charge in [0.25, 0.3) is 5.69 Å². The Bertz CT molecular complexity index is 631. The SMILES string of the molecule is CC1CCCN1S(=O)(=O)c1ccc(NN)c([N+](=O)[O-])c1. The molecule has 8 nitrogen and oxygen atoms in total. The van der Waals surface area contributed by atoms with E-state index in [1.54, 1.807) is 0 Å². The summed E-state index contributed by atoms with van der Waals surface area (Å²) in [5.41, 5.74) is 1.90. The van der Waals surface area contributed by atoms with Crippen molar-refractivity contribution in [1.29, 1.82) is 0 Å². The fourth-order valence-corrected chi connectivity index (χ4v) is 4.06. The summed E-state index contributed by atoms with van der Waals surface area (Å²) in [6.45, 7) is 2.27. The number of nitrogen functional groups attached to an aromatic ring is 1. The van der Waals surface area contributed by atoms with Crippen LogP contribution in [0.5, 0.6) is 0 Å². The number of rotatable bonds is 4. The van der Waals surface area contributed by atoms with Gasteiger partial charge in [0.15, 0.2) is 0 Å². The van der Waals surface area contributed by atoms with E-state index in [0.717, 1.165) is 18.9 Å². The number of nitrogens with one attached hydrogen (secondary N) is 1. The summed E-state index contributed by atoms with van der Waals surface area (Å²) in [5, 5.41) is 10.9. The molecule has 9 heteroatoms. The Kier molecular flexibility index (Phi) is 3.93. The molecule has 0 radical (unpaired) electrons. The zero-order chi connectivity index (χ0) is 14.9. The second-order valence-corrected chi connectivity index (χ2v) is 6.58. The lowest BCUT2D eigenvalue weighted by atomic mass is 10.3. The fraction of sp³-hybridized carbons (Fsp3) is 0.455. The summed E-state index contributed by atoms with van der Waals surface area (Å²) in [6, 6.07) is 3.57. The van der Waals surface area contributed by atoms with Crippen LogP contribution in [0.1, 0.15) is 19.8 Å². The number of benzene rings is 1. The van der Waals surface area contributed by atoms with Gasteiger partial charge in [-0.25, -0.2) is 8.42 Å². The third-order valence-electron chi connectivity index (χ3n) is 3.42. The third-order valence-corrected chi connectivity index (χ3v) is 5.43. The van der Waals surface area contributed by atoms with Crippen molar-refractivity contribution in [3.05, 3.63) is 28.3 Å². The molecule has 3 N–H and O–H groups in total. The van der Waals surface area contributed by atoms with Crippen molar-refractivity contribution in [3.63, 3.8) is 0 Å². The van der Waals surface area contributed by atoms with E-state index in [-0.39, 0.29) is 22.3 Å². The van der Waals surface area contributed by atoms with Gasteiger partial charge in [-0.2, -0.15) is 4.31 Å². The number of nitro benzene ring substituents is 1. The lowest BCUT2D eigenvalue weighted by Crippen LogP contribution is -2.33. The first-order chi connectivity index (χ1) is 9.37. The van der Waals surface area contributed by atoms with Crippen molar-refractivity contribution in [2.75, 3.05) is 12.0 Å². The molecule has 1 heterocycles. The molecule has 1 saturated heterocycles. The number of nitrogens with zero attached hydrogens (tertiary/aromatic N) is 2. The summed E-state index contributed by atoms with van der Waals surface area (Å²) in [6.07, 6.45) is 1.59. The van der Waals surface area contributed by atoms with Crippen LogP contribution < -0.4 is 11.3 Å². The molecule has 1 aromatic rings. The Morgan fingerprint density at radius 3 is 2.70 bits per heavy atom. The van der Waals surface area contributed by atoms with Crippen LogP contribution in [0.2, 0.25) is 0 Å². The molecule has 0 aromatic heterocycles. The van der Waals surface area contributed by atoms with Gasteiger partial charge in [0.1, 0.15) is 5.69 Å². The molecule has 2 rings (SSSR count). The molecule has 1 aromatic carbocycles. The molecule has 0 aliphatic carbocycles. The van der Waals surface area contributed by atoms with Gasteiger partial charge in [0.2, 0.25) is 10.0 Å². The van der Waals surface area contributed by atoms with Crippen LogP contribution in [0, 0.1) is 10.1 Å². The zero-order valence-corrected chi connectivity index (χ0v) is 11.8. The van der Waals surface area contributed by atoms with Crippen molar-refractivity contribution in [1.82, 2.24) is 4.31 Å². The molecule has 1 aliphatic heterocycles. The lowest BCUT2D eigenvalue weighted by Gasteiger charge is -2.20. The van der Waals surface area contributed by atoms with E-state index in [4.69, 9.17) is 5.84 Å². The monoisotopic (exact) mass is 300 g/mol. The number of nitro groups is 1. The van der Waals surface area contributed by atoms with E-state index in [0.29, 0.717) is 6.54 Å². The second-order valence-electron chi connectivity index (χ2n) is 4.69. The number of anilines is 1. The minimum atomic E-state index is -3.71. The first-order valence-corrected chi connectivity index (χ1v) is 7.59. The van der Waals surface area contributed by atoms with Crippen molar-refractivity contribution in [2.45, 2.75) is 30.7 Å². The molecular formula is C11H16N4O4S. The molecule has 0 spiro atoms. The number of hydrogen-bond acceptors (Lipinski definition) is 6. The normalized spacial score (nSPS) is 20.0. The minimum Gasteiger partial charge on any atom is -0.318 e. The largest absolute Gasteiger partial charge is 0.318 e. The predicted molar refractivity (Wildman–Crippen MR) is 73.5 cm³/mol. The molecule has 0 bridgehead atoms. The maximum atomic E-state index is 12.5. The fourth-order valence-electron chi connectivity index (χ4n) is 2.34. The molecule has 0 amide bonds. The Balaban J connectivity index is 2.47. The van der Waals surface area contributed by atoms with Gasteiger partial charge >= 0.3 is 0 Å². The number of hydrogen-bond donors (Lipinski definition) is 2. The second kappa shape index (κ2) is 5.35. The van der Waals surface area contributed by atoms with Crippen molar-refractivity contribution in [2.24, 2.45) is 5.84 Å². The highest BCUT2D eigenvalue weighted by Crippen LogP contribution is 2.31. The zero-order valence-electron chi connectivity index (χ0n) is 10.9. The quantitative estimate of drug-likeness (QED) is 0.487. The summed E-state index contributed by atoms with van der Waals surface area (Å²) >= 11 is 0. The van der Waals surface area contributed by atoms with Crippen LogP contribution >= 0.6 is 0 Å². The highest BCUT2D eigenvalue weighted by Gasteiger charge is 2.33. The molecule has 110 valence electrons. The molecule has 20 heavy (non-hydrogen) atoms. The average molecular weight is 300 g/mol. The standard InChI is InChI=1S/C11H16N4O4S/c1-8-3-2-6-14(8)20(18,19)9-4-5-10(13-12)11(7-9)15(16)17/h4-5,7-8,13H,2-3,6,12H2,1H3. The first kappa shape index (κ1) is 14.7. The Morgan fingerprint density at radius 2 is 2.20 bits per heavy atom. The average Bonchev–Trinajstić information content (AvgIpc) is 2.84. The van der Waals surface area contributed by atoms with Crippen molar-refractivity contribution in [3.8, 4) is 0 Å². The van der Waals surface area contributed by atoms with Crippen LogP contribution in [0.15, 0.2) is 23.1 Å². The summed E-state index contributed by atoms with van der Waals surface area (Å²) in [7, 11) is -3.71. The summed E-state index contributed by atoms with van der Waals surface area (Å²) < 4.78 is 26.3. The van der Waals surface area contributed by atoms with Crippen LogP contribution in [-0.4, -0.2) is 30.2 Å². The molecule has 1 aliphatic rings. The molecule has 1 unspecified atom stereocenters. The highest BCUT2D eigenvalue weighted by atomic mass is 32.2. The predicted octanol–water partition coefficient (Wildman–Crippen LogP) is 1.05. The van der Waals surface area contributed by atoms with Crippen LogP contribution in [-0.2, 0) is 10.0 Å². The van der Waals surface area contributed by atoms with E-state index in [1.807, 2.05) is 6.92 Å². The molecular weight excluding hydrogens is 284 g/mol. The van der Waals surface area contributed by atoms with Gasteiger partial charge in [0, 0.05) is 18.7 Å². The van der Waals surface area contributed by atoms with Gasteiger partial charge in [0.05, 0.1) is 9.82 Å². The summed E-state index contributed by atoms with van der Waals surface area (Å²) in [5.74, 6) is 5.18. The molecule has 1 atom stereocenters. The Morgan fingerprint density at radius 1 is 1.50 bits per heavy atom. The lowest BCUT2D eigenvalue weighted by molar-refractivity contribution is -0.384. The van der Waals surface area contributed by atoms with Crippen LogP contribution in [0.4, 0.5) is 11.4 Å². The maximum absolute atomic E-state index is 12.5. The van der Waals surface area contributed by atoms with E-state index >= 15 is 0 Å². The van der Waals surface area contributed by atoms with E-state index in [2.05, 4.69) is 5.43 Å². The number of nitrogens with two attached hydrogens (primary N) is 1. The van der Waals surface area contributed by atoms with Gasteiger partial charge < -0.3 is 5.43 Å². The maximum Gasteiger partial charge on any atom is 0.294 e. The minimum absolute atomic E-state index is 0.0726. The van der Waals surface area contributed by atoms with Crippen LogP contribution in [0.25, 0.3) is 0 Å². The smallest absolute Gasteiger partial charge is 0.294 e. The first-order valence-electron chi connectivity index (χ1n) is 6.15. The summed E-state index contributed by atoms with van der Waals surface area (Å²) in [4.78, 5) is 10.2. The molecule has 1 fully saturated rings. The van der Waals surface area contributed by atoms with Gasteiger partial charge in [-0.3, -0.25) is 16.0 Å². The van der Waals surface area contributed by atoms with E-state index in [1.165, 1.54) is 16.4 Å². The third kappa shape index (κ3) is 2.47. The number of sulfonamides is 1. The number of hydrazine groups is 1. The highest BCUT2D eigenvalue weighted by molar-refractivity contribution is 7.89. The van der Waals surface area contributed by atoms with E-state index < -0.39 is 14.9 Å². The van der Waals surface area contributed by atoms with Crippen molar-refractivity contribution < 1.29 is 13.3 Å². The van der Waals surface area contributed by atoms with Crippen LogP contribution in [0.3, 0.4) is 0 Å². The Hall–Kier alpha value is -1.71. The van der Waals surface area contributed by atoms with E-state index in [9.17, 15) is 18.5 Å². The van der Waals surface area contributed by atoms with Crippen molar-refractivity contribution >= 4 is 21.4 Å². The van der Waals surface area contributed by atoms with Gasteiger partial charge in [-0.1, -0.05) is 0 Å². The molecule has 0 saturated carbocycles. The Labute approximate surface area is 116 Å². The van der Waals surface area contributed by atoms with Gasteiger partial charge in [-0.15, -0.1) is 0 Å². The van der Waals surface area contributed by atoms with Gasteiger partial charge in [-0.05, 0) is 31.9 Å².